The maximum atomic E-state index is 12.3. The van der Waals surface area contributed by atoms with E-state index in [9.17, 15) is 19.5 Å². The van der Waals surface area contributed by atoms with Gasteiger partial charge in [0.25, 0.3) is 0 Å². The quantitative estimate of drug-likeness (QED) is 0.433. The van der Waals surface area contributed by atoms with Crippen molar-refractivity contribution in [1.82, 2.24) is 10.2 Å². The van der Waals surface area contributed by atoms with Crippen LogP contribution >= 0.6 is 24.2 Å². The monoisotopic (exact) mass is 433 g/mol. The van der Waals surface area contributed by atoms with Crippen molar-refractivity contribution >= 4 is 101 Å². The van der Waals surface area contributed by atoms with Gasteiger partial charge in [0.15, 0.2) is 0 Å². The van der Waals surface area contributed by atoms with Gasteiger partial charge in [-0.3, -0.25) is 9.59 Å². The molecule has 0 spiro atoms. The van der Waals surface area contributed by atoms with Crippen molar-refractivity contribution in [2.75, 3.05) is 0 Å². The Morgan fingerprint density at radius 1 is 1.26 bits per heavy atom. The summed E-state index contributed by atoms with van der Waals surface area (Å²) in [6.07, 6.45) is 0. The Balaban J connectivity index is 0.00000225. The summed E-state index contributed by atoms with van der Waals surface area (Å²) in [4.78, 5) is 37.5. The number of aliphatic carboxylic acids is 1. The van der Waals surface area contributed by atoms with E-state index in [0.717, 1.165) is 0 Å². The van der Waals surface area contributed by atoms with E-state index in [2.05, 4.69) is 5.32 Å². The average Bonchev–Trinajstić information content (AvgIpc) is 2.80. The Kier molecular flexibility index (Phi) is 10.4. The zero-order chi connectivity index (χ0) is 17.6. The number of benzene rings is 1. The molecule has 2 heterocycles. The summed E-state index contributed by atoms with van der Waals surface area (Å²) >= 11 is 1.38. The maximum absolute atomic E-state index is 12.3. The van der Waals surface area contributed by atoms with Crippen LogP contribution in [0.15, 0.2) is 30.3 Å². The summed E-state index contributed by atoms with van der Waals surface area (Å²) in [6, 6.07) is 6.38. The van der Waals surface area contributed by atoms with Crippen LogP contribution in [0.3, 0.4) is 0 Å². The second kappa shape index (κ2) is 10.3. The predicted octanol–water partition coefficient (Wildman–Crippen LogP) is -0.557. The van der Waals surface area contributed by atoms with E-state index < -0.39 is 34.7 Å². The van der Waals surface area contributed by atoms with Gasteiger partial charge in [0.2, 0.25) is 11.8 Å². The van der Waals surface area contributed by atoms with Gasteiger partial charge in [0.1, 0.15) is 23.5 Å². The summed E-state index contributed by atoms with van der Waals surface area (Å²) in [5, 5.41) is 11.7. The van der Waals surface area contributed by atoms with Crippen molar-refractivity contribution in [2.24, 2.45) is 5.73 Å². The Hall–Kier alpha value is 0.230. The number of nitrogens with two attached hydrogens (primary N) is 1. The third kappa shape index (κ3) is 5.05. The summed E-state index contributed by atoms with van der Waals surface area (Å²) in [5.74, 6) is -1.86. The molecule has 140 valence electrons. The summed E-state index contributed by atoms with van der Waals surface area (Å²) < 4.78 is -0.618. The van der Waals surface area contributed by atoms with Crippen LogP contribution in [0, 0.1) is 0 Å². The number of nitrogens with one attached hydrogen (secondary N) is 1. The molecule has 2 amide bonds. The Morgan fingerprint density at radius 3 is 2.33 bits per heavy atom. The molecule has 1 aromatic rings. The molecule has 7 nitrogen and oxygen atoms in total. The molecule has 11 heteroatoms. The predicted molar refractivity (Wildman–Crippen MR) is 111 cm³/mol. The molecular weight excluding hydrogens is 412 g/mol. The van der Waals surface area contributed by atoms with Crippen molar-refractivity contribution in [2.45, 2.75) is 42.1 Å². The molecule has 2 aliphatic rings. The van der Waals surface area contributed by atoms with Crippen LogP contribution in [0.1, 0.15) is 25.5 Å². The number of nitrogens with zero attached hydrogens (tertiary/aromatic N) is 1. The number of carboxylic acid groups (broad SMARTS) is 1. The minimum absolute atomic E-state index is 0. The van der Waals surface area contributed by atoms with E-state index in [1.807, 2.05) is 6.07 Å². The van der Waals surface area contributed by atoms with Crippen LogP contribution in [0.4, 0.5) is 0 Å². The molecule has 0 aromatic heterocycles. The third-order valence-corrected chi connectivity index (χ3v) is 5.99. The molecule has 0 aliphatic carbocycles. The average molecular weight is 434 g/mol. The molecule has 4 N–H and O–H groups in total. The summed E-state index contributed by atoms with van der Waals surface area (Å²) in [6.45, 7) is 3.58. The van der Waals surface area contributed by atoms with Gasteiger partial charge in [-0.05, 0) is 19.4 Å². The molecule has 0 radical (unpaired) electrons. The number of thioether (sulfide) groups is 1. The van der Waals surface area contributed by atoms with Gasteiger partial charge in [-0.2, -0.15) is 0 Å². The van der Waals surface area contributed by atoms with Crippen LogP contribution in [0.2, 0.25) is 0 Å². The number of β-lactam (4-membered cyclic amide) rings is 1. The van der Waals surface area contributed by atoms with Crippen molar-refractivity contribution in [3.63, 3.8) is 0 Å². The Bertz CT molecular complexity index is 710. The van der Waals surface area contributed by atoms with Crippen molar-refractivity contribution in [3.8, 4) is 0 Å². The number of carbonyl (C=O) groups excluding carboxylic acids is 2. The van der Waals surface area contributed by atoms with Gasteiger partial charge in [0, 0.05) is 4.75 Å². The van der Waals surface area contributed by atoms with Crippen LogP contribution in [-0.2, 0) is 14.4 Å². The number of carboxylic acids is 1. The first kappa shape index (κ1) is 27.2. The number of halogens is 1. The first-order valence-corrected chi connectivity index (χ1v) is 8.45. The van der Waals surface area contributed by atoms with Crippen molar-refractivity contribution in [3.05, 3.63) is 35.9 Å². The van der Waals surface area contributed by atoms with E-state index >= 15 is 0 Å². The molecule has 2 aliphatic heterocycles. The van der Waals surface area contributed by atoms with E-state index in [1.165, 1.54) is 16.7 Å². The van der Waals surface area contributed by atoms with Gasteiger partial charge in [0.05, 0.1) is 0 Å². The fraction of sp³-hybridized carbons (Fsp3) is 0.438. The standard InChI is InChI=1S/C16H19N3O4S.ClH.2Na.2H/c1-16(2)11(15(22)23)19-13(21)10(14(19)24-16)18-12(20)9(17)8-6-4-3-5-7-8;;;;;/h3-7,9-11,14H,17H2,1-2H3,(H,18,20)(H,22,23);1H;;;;/t9-,10-,11+,14-;;;;;/m1...../s1. The zero-order valence-corrected chi connectivity index (χ0v) is 15.3. The summed E-state index contributed by atoms with van der Waals surface area (Å²) in [5.41, 5.74) is 6.59. The SMILES string of the molecule is CC1(C)S[C@@H]2[C@H](NC(=O)[C@H](N)c3ccccc3)C(=O)N2[C@H]1C(=O)O.Cl.[NaH].[NaH]. The van der Waals surface area contributed by atoms with Crippen LogP contribution in [-0.4, -0.2) is 109 Å². The second-order valence-electron chi connectivity index (χ2n) is 6.47. The molecule has 0 bridgehead atoms. The molecule has 1 aromatic carbocycles. The van der Waals surface area contributed by atoms with Crippen molar-refractivity contribution in [1.29, 1.82) is 0 Å². The van der Waals surface area contributed by atoms with Crippen LogP contribution < -0.4 is 11.1 Å². The molecule has 2 fully saturated rings. The molecular formula is C16H22ClN3Na2O4S. The first-order chi connectivity index (χ1) is 11.2. The van der Waals surface area contributed by atoms with Crippen molar-refractivity contribution < 1.29 is 19.5 Å². The Morgan fingerprint density at radius 2 is 1.81 bits per heavy atom. The second-order valence-corrected chi connectivity index (χ2v) is 8.24. The van der Waals surface area contributed by atoms with Gasteiger partial charge in [-0.25, -0.2) is 4.79 Å². The van der Waals surface area contributed by atoms with E-state index in [0.29, 0.717) is 5.56 Å². The Labute approximate surface area is 212 Å². The topological polar surface area (TPSA) is 113 Å². The zero-order valence-electron chi connectivity index (χ0n) is 13.7. The molecule has 0 saturated carbocycles. The number of amides is 2. The normalized spacial score (nSPS) is 25.5. The molecule has 0 unspecified atom stereocenters. The molecule has 4 atom stereocenters. The number of hydrogen-bond donors (Lipinski definition) is 3. The molecule has 27 heavy (non-hydrogen) atoms. The number of carbonyl (C=O) groups is 3. The fourth-order valence-corrected chi connectivity index (χ4v) is 4.83. The number of rotatable bonds is 4. The van der Waals surface area contributed by atoms with Crippen LogP contribution in [0.25, 0.3) is 0 Å². The fourth-order valence-electron chi connectivity index (χ4n) is 3.20. The van der Waals surface area contributed by atoms with E-state index in [1.54, 1.807) is 38.1 Å². The van der Waals surface area contributed by atoms with E-state index in [4.69, 9.17) is 5.73 Å². The molecule has 2 saturated heterocycles. The minimum atomic E-state index is -1.03. The first-order valence-electron chi connectivity index (χ1n) is 7.58. The van der Waals surface area contributed by atoms with Gasteiger partial charge in [-0.1, -0.05) is 30.3 Å². The van der Waals surface area contributed by atoms with E-state index in [-0.39, 0.29) is 82.8 Å². The summed E-state index contributed by atoms with van der Waals surface area (Å²) in [7, 11) is 0. The number of hydrogen-bond acceptors (Lipinski definition) is 5. The van der Waals surface area contributed by atoms with Crippen LogP contribution in [0.5, 0.6) is 0 Å². The van der Waals surface area contributed by atoms with Gasteiger partial charge < -0.3 is 21.1 Å². The van der Waals surface area contributed by atoms with Gasteiger partial charge in [-0.15, -0.1) is 24.2 Å². The molecule has 3 rings (SSSR count). The number of fused-ring (bicyclic) bond motifs is 1. The third-order valence-electron chi connectivity index (χ3n) is 4.41. The van der Waals surface area contributed by atoms with Gasteiger partial charge >= 0.3 is 65.1 Å².